The van der Waals surface area contributed by atoms with Gasteiger partial charge in [0, 0.05) is 30.0 Å². The van der Waals surface area contributed by atoms with Crippen LogP contribution in [0.15, 0.2) is 32.8 Å². The Bertz CT molecular complexity index is 984. The Labute approximate surface area is 160 Å². The third-order valence-corrected chi connectivity index (χ3v) is 5.74. The Hall–Kier alpha value is -2.61. The molecule has 142 valence electrons. The highest BCUT2D eigenvalue weighted by molar-refractivity contribution is 7.09. The third kappa shape index (κ3) is 4.39. The van der Waals surface area contributed by atoms with Crippen LogP contribution in [0.1, 0.15) is 37.1 Å². The average molecular weight is 386 g/mol. The van der Waals surface area contributed by atoms with E-state index in [4.69, 9.17) is 4.42 Å². The van der Waals surface area contributed by atoms with Gasteiger partial charge in [-0.2, -0.15) is 0 Å². The number of thiazole rings is 1. The van der Waals surface area contributed by atoms with Crippen LogP contribution in [-0.2, 0) is 6.42 Å². The van der Waals surface area contributed by atoms with Crippen LogP contribution in [0.2, 0.25) is 0 Å². The molecule has 2 aromatic heterocycles. The van der Waals surface area contributed by atoms with Gasteiger partial charge in [-0.15, -0.1) is 11.3 Å². The molecule has 1 aliphatic carbocycles. The molecule has 0 bridgehead atoms. The van der Waals surface area contributed by atoms with Gasteiger partial charge in [-0.1, -0.05) is 25.3 Å². The summed E-state index contributed by atoms with van der Waals surface area (Å²) in [6.07, 6.45) is 6.51. The Morgan fingerprint density at radius 1 is 1.30 bits per heavy atom. The van der Waals surface area contributed by atoms with Crippen molar-refractivity contribution in [3.63, 3.8) is 0 Å². The normalized spacial score (nSPS) is 15.1. The van der Waals surface area contributed by atoms with Crippen molar-refractivity contribution < 1.29 is 9.21 Å². The number of carbonyl (C=O) groups excluding carboxylic acids is 1. The molecule has 27 heavy (non-hydrogen) atoms. The molecule has 0 unspecified atom stereocenters. The molecule has 1 saturated carbocycles. The van der Waals surface area contributed by atoms with Crippen LogP contribution in [-0.4, -0.2) is 28.6 Å². The first-order valence-electron chi connectivity index (χ1n) is 9.29. The van der Waals surface area contributed by atoms with Crippen molar-refractivity contribution in [2.75, 3.05) is 6.54 Å². The molecule has 3 aromatic rings. The molecule has 4 rings (SSSR count). The van der Waals surface area contributed by atoms with Gasteiger partial charge in [0.1, 0.15) is 0 Å². The minimum Gasteiger partial charge on any atom is -0.408 e. The highest BCUT2D eigenvalue weighted by Crippen LogP contribution is 2.25. The van der Waals surface area contributed by atoms with E-state index in [2.05, 4.69) is 20.6 Å². The topological polar surface area (TPSA) is 100 Å². The van der Waals surface area contributed by atoms with Crippen LogP contribution in [0.4, 0.5) is 4.79 Å². The molecular formula is C19H22N4O3S. The summed E-state index contributed by atoms with van der Waals surface area (Å²) >= 11 is 1.56. The minimum atomic E-state index is -0.460. The van der Waals surface area contributed by atoms with Crippen LogP contribution in [0.25, 0.3) is 22.4 Å². The molecule has 3 N–H and O–H groups in total. The zero-order chi connectivity index (χ0) is 18.6. The first kappa shape index (κ1) is 17.8. The fourth-order valence-electron chi connectivity index (χ4n) is 3.43. The van der Waals surface area contributed by atoms with Gasteiger partial charge in [0.05, 0.1) is 16.2 Å². The Morgan fingerprint density at radius 3 is 3.00 bits per heavy atom. The molecule has 1 aromatic carbocycles. The fourth-order valence-corrected chi connectivity index (χ4v) is 4.24. The second kappa shape index (κ2) is 7.96. The standard InChI is InChI=1S/C19H22N4O3S/c24-18(21-13-4-2-1-3-5-13)20-9-8-17-22-15(11-27-17)12-6-7-14-16(10-12)26-19(25)23-14/h6-7,10-11,13H,1-5,8-9H2,(H,23,25)(H2,20,21,24). The highest BCUT2D eigenvalue weighted by Gasteiger charge is 2.15. The average Bonchev–Trinajstić information content (AvgIpc) is 3.27. The van der Waals surface area contributed by atoms with Crippen LogP contribution in [0.3, 0.4) is 0 Å². The Kier molecular flexibility index (Phi) is 5.24. The lowest BCUT2D eigenvalue weighted by molar-refractivity contribution is 0.233. The van der Waals surface area contributed by atoms with Gasteiger partial charge in [0.2, 0.25) is 0 Å². The predicted octanol–water partition coefficient (Wildman–Crippen LogP) is 3.42. The van der Waals surface area contributed by atoms with Gasteiger partial charge in [-0.25, -0.2) is 14.6 Å². The summed E-state index contributed by atoms with van der Waals surface area (Å²) in [5.41, 5.74) is 2.93. The molecule has 1 fully saturated rings. The van der Waals surface area contributed by atoms with Crippen molar-refractivity contribution in [2.45, 2.75) is 44.6 Å². The van der Waals surface area contributed by atoms with Gasteiger partial charge < -0.3 is 15.1 Å². The van der Waals surface area contributed by atoms with Gasteiger partial charge in [0.25, 0.3) is 0 Å². The van der Waals surface area contributed by atoms with Crippen molar-refractivity contribution in [3.8, 4) is 11.3 Å². The summed E-state index contributed by atoms with van der Waals surface area (Å²) in [7, 11) is 0. The van der Waals surface area contributed by atoms with Crippen molar-refractivity contribution >= 4 is 28.5 Å². The number of hydrogen-bond donors (Lipinski definition) is 3. The summed E-state index contributed by atoms with van der Waals surface area (Å²) in [5, 5.41) is 8.90. The lowest BCUT2D eigenvalue weighted by Crippen LogP contribution is -2.43. The molecule has 0 aliphatic heterocycles. The number of fused-ring (bicyclic) bond motifs is 1. The quantitative estimate of drug-likeness (QED) is 0.625. The van der Waals surface area contributed by atoms with E-state index in [9.17, 15) is 9.59 Å². The first-order chi connectivity index (χ1) is 13.2. The number of benzene rings is 1. The van der Waals surface area contributed by atoms with Crippen molar-refractivity contribution in [3.05, 3.63) is 39.1 Å². The summed E-state index contributed by atoms with van der Waals surface area (Å²) in [4.78, 5) is 30.5. The zero-order valence-corrected chi connectivity index (χ0v) is 15.7. The Balaban J connectivity index is 1.31. The molecule has 1 aliphatic rings. The number of hydrogen-bond acceptors (Lipinski definition) is 5. The summed E-state index contributed by atoms with van der Waals surface area (Å²) in [6, 6.07) is 5.75. The number of oxazole rings is 1. The molecule has 2 amide bonds. The summed E-state index contributed by atoms with van der Waals surface area (Å²) in [6.45, 7) is 0.553. The van der Waals surface area contributed by atoms with E-state index >= 15 is 0 Å². The van der Waals surface area contributed by atoms with Gasteiger partial charge in [0.15, 0.2) is 5.58 Å². The maximum Gasteiger partial charge on any atom is 0.417 e. The number of nitrogens with one attached hydrogen (secondary N) is 3. The molecule has 7 nitrogen and oxygen atoms in total. The molecule has 0 atom stereocenters. The maximum absolute atomic E-state index is 12.0. The largest absolute Gasteiger partial charge is 0.417 e. The van der Waals surface area contributed by atoms with Crippen LogP contribution < -0.4 is 16.4 Å². The molecule has 0 saturated heterocycles. The number of aromatic nitrogens is 2. The number of rotatable bonds is 5. The number of H-pyrrole nitrogens is 1. The van der Waals surface area contributed by atoms with E-state index in [1.54, 1.807) is 11.3 Å². The number of urea groups is 1. The fraction of sp³-hybridized carbons (Fsp3) is 0.421. The lowest BCUT2D eigenvalue weighted by atomic mass is 9.96. The minimum absolute atomic E-state index is 0.0911. The van der Waals surface area contributed by atoms with Gasteiger partial charge in [-0.05, 0) is 25.0 Å². The van der Waals surface area contributed by atoms with Crippen LogP contribution in [0, 0.1) is 0 Å². The van der Waals surface area contributed by atoms with Crippen molar-refractivity contribution in [2.24, 2.45) is 0 Å². The summed E-state index contributed by atoms with van der Waals surface area (Å²) < 4.78 is 5.10. The zero-order valence-electron chi connectivity index (χ0n) is 14.9. The van der Waals surface area contributed by atoms with E-state index in [-0.39, 0.29) is 6.03 Å². The van der Waals surface area contributed by atoms with E-state index in [1.165, 1.54) is 19.3 Å². The number of carbonyl (C=O) groups is 1. The van der Waals surface area contributed by atoms with E-state index in [1.807, 2.05) is 23.6 Å². The van der Waals surface area contributed by atoms with E-state index < -0.39 is 5.76 Å². The predicted molar refractivity (Wildman–Crippen MR) is 105 cm³/mol. The van der Waals surface area contributed by atoms with Gasteiger partial charge >= 0.3 is 11.8 Å². The first-order valence-corrected chi connectivity index (χ1v) is 10.2. The molecule has 8 heteroatoms. The van der Waals surface area contributed by atoms with Crippen molar-refractivity contribution in [1.82, 2.24) is 20.6 Å². The molecule has 0 radical (unpaired) electrons. The third-order valence-electron chi connectivity index (χ3n) is 4.83. The molecular weight excluding hydrogens is 364 g/mol. The Morgan fingerprint density at radius 2 is 2.15 bits per heavy atom. The van der Waals surface area contributed by atoms with Crippen LogP contribution >= 0.6 is 11.3 Å². The lowest BCUT2D eigenvalue weighted by Gasteiger charge is -2.22. The number of amides is 2. The monoisotopic (exact) mass is 386 g/mol. The van der Waals surface area contributed by atoms with E-state index in [0.717, 1.165) is 29.1 Å². The SMILES string of the molecule is O=C(NCCc1nc(-c2ccc3[nH]c(=O)oc3c2)cs1)NC1CCCCC1. The highest BCUT2D eigenvalue weighted by atomic mass is 32.1. The number of aromatic amines is 1. The molecule has 2 heterocycles. The van der Waals surface area contributed by atoms with Crippen LogP contribution in [0.5, 0.6) is 0 Å². The maximum atomic E-state index is 12.0. The second-order valence-corrected chi connectivity index (χ2v) is 7.78. The number of nitrogens with zero attached hydrogens (tertiary/aromatic N) is 1. The van der Waals surface area contributed by atoms with Crippen molar-refractivity contribution in [1.29, 1.82) is 0 Å². The smallest absolute Gasteiger partial charge is 0.408 e. The van der Waals surface area contributed by atoms with E-state index in [0.29, 0.717) is 30.1 Å². The second-order valence-electron chi connectivity index (χ2n) is 6.84. The molecule has 0 spiro atoms. The summed E-state index contributed by atoms with van der Waals surface area (Å²) in [5.74, 6) is -0.460. The van der Waals surface area contributed by atoms with Gasteiger partial charge in [-0.3, -0.25) is 4.98 Å².